The van der Waals surface area contributed by atoms with E-state index >= 15 is 0 Å². The number of nitrogens with one attached hydrogen (secondary N) is 1. The molecule has 0 aromatic carbocycles. The first kappa shape index (κ1) is 13.7. The van der Waals surface area contributed by atoms with Gasteiger partial charge in [-0.25, -0.2) is 5.01 Å². The van der Waals surface area contributed by atoms with Crippen LogP contribution in [-0.2, 0) is 9.53 Å². The highest BCUT2D eigenvalue weighted by Gasteiger charge is 2.30. The van der Waals surface area contributed by atoms with Gasteiger partial charge in [0.15, 0.2) is 6.29 Å². The third kappa shape index (κ3) is 3.37. The molecule has 0 saturated carbocycles. The molecule has 1 aromatic heterocycles. The smallest absolute Gasteiger partial charge is 0.258 e. The van der Waals surface area contributed by atoms with Gasteiger partial charge in [0, 0.05) is 31.6 Å². The van der Waals surface area contributed by atoms with Gasteiger partial charge in [-0.05, 0) is 18.6 Å². The fourth-order valence-corrected chi connectivity index (χ4v) is 1.99. The number of carbonyl (C=O) groups excluding carboxylic acids is 1. The molecule has 6 heteroatoms. The van der Waals surface area contributed by atoms with Gasteiger partial charge in [-0.15, -0.1) is 0 Å². The number of aliphatic hydroxyl groups is 1. The molecule has 0 spiro atoms. The first-order chi connectivity index (χ1) is 9.22. The summed E-state index contributed by atoms with van der Waals surface area (Å²) in [5, 5.41) is 11.8. The lowest BCUT2D eigenvalue weighted by Gasteiger charge is -2.35. The second-order valence-electron chi connectivity index (χ2n) is 4.11. The van der Waals surface area contributed by atoms with Crippen molar-refractivity contribution in [3.63, 3.8) is 0 Å². The van der Waals surface area contributed by atoms with Gasteiger partial charge < -0.3 is 9.84 Å². The summed E-state index contributed by atoms with van der Waals surface area (Å²) in [6, 6.07) is 3.12. The Hall–Kier alpha value is -1.76. The summed E-state index contributed by atoms with van der Waals surface area (Å²) in [4.78, 5) is 15.4. The molecule has 1 aliphatic heterocycles. The van der Waals surface area contributed by atoms with Crippen molar-refractivity contribution in [2.45, 2.75) is 19.3 Å². The molecule has 0 saturated heterocycles. The number of hydrogen-bond acceptors (Lipinski definition) is 5. The molecular formula is C13H17N3O3. The standard InChI is InChI=1S/C13H17N3O3/c1-2-19-13(18)12(10-5-3-7-14-9-10)16-8-4-6-11(17)15-16/h3-7,9,12-13,18H,2,8H2,1H3,(H,15,17). The van der Waals surface area contributed by atoms with E-state index in [1.807, 2.05) is 6.07 Å². The quantitative estimate of drug-likeness (QED) is 0.751. The number of aromatic nitrogens is 1. The van der Waals surface area contributed by atoms with E-state index in [4.69, 9.17) is 4.74 Å². The molecular weight excluding hydrogens is 246 g/mol. The summed E-state index contributed by atoms with van der Waals surface area (Å²) in [5.41, 5.74) is 3.47. The van der Waals surface area contributed by atoms with Crippen LogP contribution in [0.4, 0.5) is 0 Å². The van der Waals surface area contributed by atoms with Gasteiger partial charge in [0.2, 0.25) is 0 Å². The topological polar surface area (TPSA) is 74.7 Å². The van der Waals surface area contributed by atoms with Crippen LogP contribution < -0.4 is 5.43 Å². The maximum absolute atomic E-state index is 11.4. The van der Waals surface area contributed by atoms with Crippen molar-refractivity contribution in [3.8, 4) is 0 Å². The van der Waals surface area contributed by atoms with Crippen molar-refractivity contribution in [2.24, 2.45) is 0 Å². The molecule has 1 amide bonds. The zero-order valence-electron chi connectivity index (χ0n) is 10.7. The van der Waals surface area contributed by atoms with Crippen molar-refractivity contribution in [2.75, 3.05) is 13.2 Å². The van der Waals surface area contributed by atoms with E-state index < -0.39 is 12.3 Å². The van der Waals surface area contributed by atoms with Crippen LogP contribution in [0.25, 0.3) is 0 Å². The van der Waals surface area contributed by atoms with Crippen molar-refractivity contribution >= 4 is 5.91 Å². The van der Waals surface area contributed by atoms with E-state index in [1.54, 1.807) is 36.5 Å². The Balaban J connectivity index is 2.24. The molecule has 2 atom stereocenters. The normalized spacial score (nSPS) is 18.9. The molecule has 0 radical (unpaired) electrons. The highest BCUT2D eigenvalue weighted by atomic mass is 16.6. The summed E-state index contributed by atoms with van der Waals surface area (Å²) in [5.74, 6) is -0.219. The average Bonchev–Trinajstić information content (AvgIpc) is 2.40. The minimum absolute atomic E-state index is 0.219. The lowest BCUT2D eigenvalue weighted by Crippen LogP contribution is -2.50. The molecule has 1 aromatic rings. The Labute approximate surface area is 111 Å². The second kappa shape index (κ2) is 6.42. The van der Waals surface area contributed by atoms with Crippen LogP contribution in [0.3, 0.4) is 0 Å². The van der Waals surface area contributed by atoms with Gasteiger partial charge in [-0.1, -0.05) is 12.1 Å². The van der Waals surface area contributed by atoms with Crippen LogP contribution >= 0.6 is 0 Å². The maximum Gasteiger partial charge on any atom is 0.258 e. The Morgan fingerprint density at radius 2 is 2.47 bits per heavy atom. The summed E-state index contributed by atoms with van der Waals surface area (Å²) in [6.07, 6.45) is 5.46. The Kier molecular flexibility index (Phi) is 4.62. The molecule has 2 heterocycles. The summed E-state index contributed by atoms with van der Waals surface area (Å²) in [7, 11) is 0. The number of carbonyl (C=O) groups is 1. The number of hydrogen-bond donors (Lipinski definition) is 2. The van der Waals surface area contributed by atoms with Crippen molar-refractivity contribution in [1.29, 1.82) is 0 Å². The van der Waals surface area contributed by atoms with Gasteiger partial charge >= 0.3 is 0 Å². The molecule has 0 aliphatic carbocycles. The summed E-state index contributed by atoms with van der Waals surface area (Å²) < 4.78 is 5.26. The molecule has 0 bridgehead atoms. The second-order valence-corrected chi connectivity index (χ2v) is 4.11. The van der Waals surface area contributed by atoms with Gasteiger partial charge in [-0.3, -0.25) is 15.2 Å². The van der Waals surface area contributed by atoms with Crippen LogP contribution in [0.5, 0.6) is 0 Å². The number of hydrazine groups is 1. The zero-order chi connectivity index (χ0) is 13.7. The van der Waals surface area contributed by atoms with Crippen LogP contribution in [0, 0.1) is 0 Å². The number of aliphatic hydroxyl groups excluding tert-OH is 1. The maximum atomic E-state index is 11.4. The third-order valence-electron chi connectivity index (χ3n) is 2.79. The lowest BCUT2D eigenvalue weighted by atomic mass is 10.1. The van der Waals surface area contributed by atoms with E-state index in [-0.39, 0.29) is 5.91 Å². The van der Waals surface area contributed by atoms with Crippen molar-refractivity contribution in [3.05, 3.63) is 42.2 Å². The number of nitrogens with zero attached hydrogens (tertiary/aromatic N) is 2. The Morgan fingerprint density at radius 1 is 1.63 bits per heavy atom. The lowest BCUT2D eigenvalue weighted by molar-refractivity contribution is -0.155. The average molecular weight is 263 g/mol. The third-order valence-corrected chi connectivity index (χ3v) is 2.79. The number of rotatable bonds is 5. The van der Waals surface area contributed by atoms with Crippen LogP contribution in [0.15, 0.2) is 36.7 Å². The van der Waals surface area contributed by atoms with Crippen LogP contribution in [-0.4, -0.2) is 40.4 Å². The predicted octanol–water partition coefficient (Wildman–Crippen LogP) is 0.381. The summed E-state index contributed by atoms with van der Waals surface area (Å²) >= 11 is 0. The number of pyridine rings is 1. The Morgan fingerprint density at radius 3 is 3.11 bits per heavy atom. The molecule has 0 fully saturated rings. The molecule has 6 nitrogen and oxygen atoms in total. The molecule has 2 unspecified atom stereocenters. The fraction of sp³-hybridized carbons (Fsp3) is 0.385. The van der Waals surface area contributed by atoms with Crippen molar-refractivity contribution < 1.29 is 14.6 Å². The largest absolute Gasteiger partial charge is 0.366 e. The van der Waals surface area contributed by atoms with Gasteiger partial charge in [0.1, 0.15) is 6.04 Å². The first-order valence-corrected chi connectivity index (χ1v) is 6.15. The van der Waals surface area contributed by atoms with Crippen LogP contribution in [0.2, 0.25) is 0 Å². The van der Waals surface area contributed by atoms with Gasteiger partial charge in [0.25, 0.3) is 5.91 Å². The number of ether oxygens (including phenoxy) is 1. The number of amides is 1. The Bertz CT molecular complexity index is 450. The summed E-state index contributed by atoms with van der Waals surface area (Å²) in [6.45, 7) is 2.68. The van der Waals surface area contributed by atoms with E-state index in [2.05, 4.69) is 10.4 Å². The monoisotopic (exact) mass is 263 g/mol. The fourth-order valence-electron chi connectivity index (χ4n) is 1.99. The SMILES string of the molecule is CCOC(O)C(c1cccnc1)N1CC=CC(=O)N1. The van der Waals surface area contributed by atoms with Gasteiger partial charge in [0.05, 0.1) is 0 Å². The zero-order valence-corrected chi connectivity index (χ0v) is 10.7. The van der Waals surface area contributed by atoms with Crippen molar-refractivity contribution in [1.82, 2.24) is 15.4 Å². The van der Waals surface area contributed by atoms with E-state index in [0.29, 0.717) is 13.2 Å². The molecule has 2 rings (SSSR count). The van der Waals surface area contributed by atoms with E-state index in [0.717, 1.165) is 5.56 Å². The molecule has 2 N–H and O–H groups in total. The minimum Gasteiger partial charge on any atom is -0.366 e. The predicted molar refractivity (Wildman–Crippen MR) is 68.6 cm³/mol. The van der Waals surface area contributed by atoms with Gasteiger partial charge in [-0.2, -0.15) is 0 Å². The van der Waals surface area contributed by atoms with Crippen LogP contribution in [0.1, 0.15) is 18.5 Å². The molecule has 102 valence electrons. The minimum atomic E-state index is -1.04. The van der Waals surface area contributed by atoms with E-state index in [1.165, 1.54) is 6.08 Å². The highest BCUT2D eigenvalue weighted by molar-refractivity contribution is 5.87. The molecule has 1 aliphatic rings. The highest BCUT2D eigenvalue weighted by Crippen LogP contribution is 2.24. The first-order valence-electron chi connectivity index (χ1n) is 6.15. The van der Waals surface area contributed by atoms with E-state index in [9.17, 15) is 9.90 Å². The molecule has 19 heavy (non-hydrogen) atoms.